The monoisotopic (exact) mass is 536 g/mol. The van der Waals surface area contributed by atoms with Gasteiger partial charge in [0.05, 0.1) is 27.9 Å². The summed E-state index contributed by atoms with van der Waals surface area (Å²) >= 11 is 0. The molecule has 14 heteroatoms. The van der Waals surface area contributed by atoms with Crippen molar-refractivity contribution < 1.29 is 24.3 Å². The van der Waals surface area contributed by atoms with Gasteiger partial charge >= 0.3 is 5.97 Å². The van der Waals surface area contributed by atoms with Gasteiger partial charge in [0.25, 0.3) is 17.2 Å². The average Bonchev–Trinajstić information content (AvgIpc) is 3.42. The number of amides is 1. The molecule has 0 aromatic carbocycles. The largest absolute Gasteiger partial charge is 0.478 e. The Labute approximate surface area is 223 Å². The number of Topliss-reactive ketones (excluding diaryl/α,β-unsaturated/α-hetero) is 1. The van der Waals surface area contributed by atoms with Gasteiger partial charge < -0.3 is 16.2 Å². The van der Waals surface area contributed by atoms with E-state index in [0.29, 0.717) is 27.9 Å². The summed E-state index contributed by atoms with van der Waals surface area (Å²) in [5, 5.41) is 11.3. The van der Waals surface area contributed by atoms with E-state index in [1.54, 1.807) is 36.7 Å². The molecule has 0 fully saturated rings. The van der Waals surface area contributed by atoms with E-state index >= 15 is 0 Å². The van der Waals surface area contributed by atoms with Gasteiger partial charge in [-0.25, -0.2) is 19.7 Å². The number of aromatic nitrogens is 6. The standard InChI is InChI=1S/C13H6N4O2.C7H4N2O2.C6H6N2O2/c18-10-8-6-14-5-3-9(8)17-12(10)16-11-7(13(17)19)2-1-4-15-11;10-6-4-3-8-2-1-5(4)9-7(6)11;7-5-4(6(9)10)2-1-3-8-5/h1-6H;1-3H,(H,9,10,11);1-3H,(H2,7,8)(H,9,10). The first kappa shape index (κ1) is 25.5. The molecule has 5 aromatic rings. The van der Waals surface area contributed by atoms with Gasteiger partial charge in [0.2, 0.25) is 5.78 Å². The van der Waals surface area contributed by atoms with Gasteiger partial charge in [-0.3, -0.25) is 33.7 Å². The van der Waals surface area contributed by atoms with E-state index < -0.39 is 17.7 Å². The summed E-state index contributed by atoms with van der Waals surface area (Å²) in [6.45, 7) is 0. The van der Waals surface area contributed by atoms with E-state index in [4.69, 9.17) is 10.8 Å². The third kappa shape index (κ3) is 4.51. The molecule has 7 heterocycles. The van der Waals surface area contributed by atoms with Crippen LogP contribution < -0.4 is 16.6 Å². The lowest BCUT2D eigenvalue weighted by Crippen LogP contribution is -2.21. The molecule has 0 bridgehead atoms. The number of aromatic carboxylic acids is 1. The van der Waals surface area contributed by atoms with Crippen LogP contribution in [0.2, 0.25) is 0 Å². The zero-order chi connectivity index (χ0) is 28.4. The fourth-order valence-corrected chi connectivity index (χ4v) is 3.86. The maximum atomic E-state index is 12.4. The molecule has 0 saturated carbocycles. The summed E-state index contributed by atoms with van der Waals surface area (Å²) in [6.07, 6.45) is 8.89. The molecule has 0 atom stereocenters. The summed E-state index contributed by atoms with van der Waals surface area (Å²) < 4.78 is 1.32. The molecule has 0 spiro atoms. The van der Waals surface area contributed by atoms with Gasteiger partial charge in [-0.2, -0.15) is 0 Å². The smallest absolute Gasteiger partial charge is 0.339 e. The zero-order valence-electron chi connectivity index (χ0n) is 20.2. The van der Waals surface area contributed by atoms with Crippen LogP contribution in [0.5, 0.6) is 0 Å². The molecule has 0 aliphatic carbocycles. The van der Waals surface area contributed by atoms with Crippen molar-refractivity contribution in [3.8, 4) is 5.69 Å². The molecular formula is C26H16N8O6. The normalized spacial score (nSPS) is 12.2. The van der Waals surface area contributed by atoms with Gasteiger partial charge in [-0.15, -0.1) is 0 Å². The van der Waals surface area contributed by atoms with Crippen LogP contribution >= 0.6 is 0 Å². The number of hydrogen-bond donors (Lipinski definition) is 3. The van der Waals surface area contributed by atoms with Crippen LogP contribution in [-0.2, 0) is 4.79 Å². The molecule has 2 aliphatic heterocycles. The highest BCUT2D eigenvalue weighted by Gasteiger charge is 2.30. The number of carbonyl (C=O) groups excluding carboxylic acids is 3. The Morgan fingerprint density at radius 3 is 2.25 bits per heavy atom. The van der Waals surface area contributed by atoms with Crippen molar-refractivity contribution in [1.82, 2.24) is 29.5 Å². The van der Waals surface area contributed by atoms with Crippen molar-refractivity contribution in [3.05, 3.63) is 106 Å². The summed E-state index contributed by atoms with van der Waals surface area (Å²) in [5.74, 6) is -2.28. The minimum absolute atomic E-state index is 0.0440. The highest BCUT2D eigenvalue weighted by molar-refractivity contribution is 6.51. The minimum Gasteiger partial charge on any atom is -0.478 e. The first-order valence-corrected chi connectivity index (χ1v) is 11.4. The predicted octanol–water partition coefficient (Wildman–Crippen LogP) is 1.30. The van der Waals surface area contributed by atoms with E-state index in [1.807, 2.05) is 0 Å². The summed E-state index contributed by atoms with van der Waals surface area (Å²) in [4.78, 5) is 76.1. The number of pyridine rings is 4. The third-order valence-corrected chi connectivity index (χ3v) is 5.72. The highest BCUT2D eigenvalue weighted by atomic mass is 16.4. The molecule has 2 aliphatic rings. The van der Waals surface area contributed by atoms with E-state index in [2.05, 4.69) is 30.2 Å². The lowest BCUT2D eigenvalue weighted by Gasteiger charge is -2.03. The number of rotatable bonds is 1. The van der Waals surface area contributed by atoms with Crippen LogP contribution in [0.1, 0.15) is 36.9 Å². The second-order valence-corrected chi connectivity index (χ2v) is 8.12. The molecular weight excluding hydrogens is 520 g/mol. The van der Waals surface area contributed by atoms with Crippen molar-refractivity contribution in [3.63, 3.8) is 0 Å². The zero-order valence-corrected chi connectivity index (χ0v) is 20.2. The lowest BCUT2D eigenvalue weighted by atomic mass is 10.2. The topological polar surface area (TPSA) is 213 Å². The molecule has 0 radical (unpaired) electrons. The van der Waals surface area contributed by atoms with Crippen LogP contribution in [0.3, 0.4) is 0 Å². The number of anilines is 2. The molecule has 0 unspecified atom stereocenters. The Kier molecular flexibility index (Phi) is 6.55. The van der Waals surface area contributed by atoms with E-state index in [-0.39, 0.29) is 34.2 Å². The van der Waals surface area contributed by atoms with Crippen molar-refractivity contribution in [2.75, 3.05) is 11.1 Å². The Morgan fingerprint density at radius 2 is 1.55 bits per heavy atom. The predicted molar refractivity (Wildman–Crippen MR) is 139 cm³/mol. The summed E-state index contributed by atoms with van der Waals surface area (Å²) in [5.41, 5.74) is 7.10. The fraction of sp³-hybridized carbons (Fsp3) is 0. The van der Waals surface area contributed by atoms with Crippen molar-refractivity contribution in [2.45, 2.75) is 0 Å². The van der Waals surface area contributed by atoms with E-state index in [0.717, 1.165) is 0 Å². The second kappa shape index (κ2) is 10.3. The highest BCUT2D eigenvalue weighted by Crippen LogP contribution is 2.24. The fourth-order valence-electron chi connectivity index (χ4n) is 3.86. The van der Waals surface area contributed by atoms with Gasteiger partial charge in [0, 0.05) is 37.2 Å². The van der Waals surface area contributed by atoms with Crippen LogP contribution in [0.4, 0.5) is 11.5 Å². The number of nitrogens with two attached hydrogens (primary N) is 1. The Hall–Kier alpha value is -6.18. The van der Waals surface area contributed by atoms with Crippen LogP contribution in [-0.4, -0.2) is 58.0 Å². The summed E-state index contributed by atoms with van der Waals surface area (Å²) in [6, 6.07) is 9.48. The second-order valence-electron chi connectivity index (χ2n) is 8.12. The van der Waals surface area contributed by atoms with E-state index in [9.17, 15) is 24.0 Å². The maximum Gasteiger partial charge on any atom is 0.339 e. The number of nitrogen functional groups attached to an aromatic ring is 1. The quantitative estimate of drug-likeness (QED) is 0.254. The first-order valence-electron chi connectivity index (χ1n) is 11.4. The first-order chi connectivity index (χ1) is 19.3. The van der Waals surface area contributed by atoms with Gasteiger partial charge in [-0.05, 0) is 36.4 Å². The maximum absolute atomic E-state index is 12.4. The SMILES string of the molecule is Nc1ncccc1C(=O)O.O=C1Nc2ccncc2C1=O.O=C1c2cnccc2-n2c1nc1ncccc1c2=O. The Morgan fingerprint density at radius 1 is 0.850 bits per heavy atom. The Balaban J connectivity index is 0.000000132. The third-order valence-electron chi connectivity index (χ3n) is 5.72. The molecule has 14 nitrogen and oxygen atoms in total. The van der Waals surface area contributed by atoms with Gasteiger partial charge in [0.1, 0.15) is 11.4 Å². The number of ketones is 2. The molecule has 7 rings (SSSR count). The van der Waals surface area contributed by atoms with Crippen LogP contribution in [0.25, 0.3) is 16.7 Å². The number of fused-ring (bicyclic) bond motifs is 5. The molecule has 40 heavy (non-hydrogen) atoms. The number of nitrogens with one attached hydrogen (secondary N) is 1. The van der Waals surface area contributed by atoms with Crippen molar-refractivity contribution in [1.29, 1.82) is 0 Å². The number of hydrogen-bond acceptors (Lipinski definition) is 11. The molecule has 196 valence electrons. The number of nitrogens with zero attached hydrogens (tertiary/aromatic N) is 6. The van der Waals surface area contributed by atoms with Gasteiger partial charge in [-0.1, -0.05) is 0 Å². The number of carboxylic acids is 1. The Bertz CT molecular complexity index is 1920. The van der Waals surface area contributed by atoms with Gasteiger partial charge in [0.15, 0.2) is 11.5 Å². The van der Waals surface area contributed by atoms with Crippen LogP contribution in [0, 0.1) is 0 Å². The number of carbonyl (C=O) groups is 4. The lowest BCUT2D eigenvalue weighted by molar-refractivity contribution is -0.112. The molecule has 4 N–H and O–H groups in total. The average molecular weight is 536 g/mol. The minimum atomic E-state index is -1.05. The molecule has 1 amide bonds. The number of carboxylic acid groups (broad SMARTS) is 1. The molecule has 0 saturated heterocycles. The van der Waals surface area contributed by atoms with Crippen LogP contribution in [0.15, 0.2) is 78.4 Å². The molecule has 5 aromatic heterocycles. The van der Waals surface area contributed by atoms with Crippen molar-refractivity contribution >= 4 is 46.0 Å². The van der Waals surface area contributed by atoms with Crippen molar-refractivity contribution in [2.24, 2.45) is 0 Å². The summed E-state index contributed by atoms with van der Waals surface area (Å²) in [7, 11) is 0. The van der Waals surface area contributed by atoms with E-state index in [1.165, 1.54) is 41.5 Å².